The van der Waals surface area contributed by atoms with Crippen molar-refractivity contribution in [3.63, 3.8) is 0 Å². The summed E-state index contributed by atoms with van der Waals surface area (Å²) in [5.41, 5.74) is 0.560. The van der Waals surface area contributed by atoms with E-state index >= 15 is 0 Å². The first-order valence-electron chi connectivity index (χ1n) is 10.4. The minimum Gasteiger partial charge on any atom is -0.351 e. The van der Waals surface area contributed by atoms with E-state index in [0.29, 0.717) is 18.2 Å². The topological polar surface area (TPSA) is 72.0 Å². The van der Waals surface area contributed by atoms with Gasteiger partial charge in [0, 0.05) is 35.7 Å². The molecule has 30 heavy (non-hydrogen) atoms. The van der Waals surface area contributed by atoms with Crippen LogP contribution in [0.3, 0.4) is 0 Å². The Labute approximate surface area is 191 Å². The highest BCUT2D eigenvalue weighted by Gasteiger charge is 2.20. The number of hydrogen-bond acceptors (Lipinski definition) is 7. The van der Waals surface area contributed by atoms with Crippen molar-refractivity contribution in [1.82, 2.24) is 15.3 Å². The molecular formula is C22H31N3O2S3. The second-order valence-electron chi connectivity index (χ2n) is 7.43. The first-order chi connectivity index (χ1) is 14.5. The van der Waals surface area contributed by atoms with Crippen LogP contribution in [-0.4, -0.2) is 33.3 Å². The van der Waals surface area contributed by atoms with E-state index in [1.807, 2.05) is 5.38 Å². The van der Waals surface area contributed by atoms with Gasteiger partial charge in [0.1, 0.15) is 5.69 Å². The number of nitrogens with one attached hydrogen (secondary N) is 1. The number of carbonyl (C=O) groups excluding carboxylic acids is 2. The van der Waals surface area contributed by atoms with Gasteiger partial charge in [-0.3, -0.25) is 9.59 Å². The summed E-state index contributed by atoms with van der Waals surface area (Å²) >= 11 is 4.50. The number of amides is 1. The molecule has 0 aromatic carbocycles. The maximum Gasteiger partial charge on any atom is 0.271 e. The van der Waals surface area contributed by atoms with Crippen molar-refractivity contribution < 1.29 is 9.59 Å². The summed E-state index contributed by atoms with van der Waals surface area (Å²) in [5.74, 6) is 1.25. The van der Waals surface area contributed by atoms with Crippen LogP contribution in [0.4, 0.5) is 0 Å². The number of nitrogens with zero attached hydrogens (tertiary/aromatic N) is 2. The molecule has 0 spiro atoms. The normalized spacial score (nSPS) is 11.5. The zero-order chi connectivity index (χ0) is 21.8. The number of allylic oxidation sites excluding steroid dienone is 2. The third kappa shape index (κ3) is 9.10. The number of carbonyl (C=O) groups is 2. The van der Waals surface area contributed by atoms with Crippen LogP contribution in [0.2, 0.25) is 0 Å². The van der Waals surface area contributed by atoms with E-state index < -0.39 is 0 Å². The van der Waals surface area contributed by atoms with Crippen LogP contribution < -0.4 is 5.32 Å². The lowest BCUT2D eigenvalue weighted by atomic mass is 10.1. The summed E-state index contributed by atoms with van der Waals surface area (Å²) < 4.78 is 0. The monoisotopic (exact) mass is 465 g/mol. The van der Waals surface area contributed by atoms with Gasteiger partial charge in [-0.1, -0.05) is 44.2 Å². The van der Waals surface area contributed by atoms with E-state index in [1.165, 1.54) is 11.8 Å². The first-order valence-corrected chi connectivity index (χ1v) is 13.1. The predicted octanol–water partition coefficient (Wildman–Crippen LogP) is 5.98. The summed E-state index contributed by atoms with van der Waals surface area (Å²) in [6.45, 7) is 6.58. The molecule has 5 nitrogen and oxygen atoms in total. The molecule has 0 saturated heterocycles. The molecule has 2 rings (SSSR count). The number of thioether (sulfide) groups is 1. The molecule has 2 aromatic heterocycles. The minimum atomic E-state index is -0.0763. The largest absolute Gasteiger partial charge is 0.351 e. The van der Waals surface area contributed by atoms with Crippen molar-refractivity contribution >= 4 is 45.5 Å². The van der Waals surface area contributed by atoms with Gasteiger partial charge in [0.05, 0.1) is 0 Å². The van der Waals surface area contributed by atoms with Crippen LogP contribution in [0.25, 0.3) is 10.0 Å². The zero-order valence-corrected chi connectivity index (χ0v) is 20.4. The Hall–Kier alpha value is -1.51. The average molecular weight is 466 g/mol. The molecule has 0 bridgehead atoms. The van der Waals surface area contributed by atoms with E-state index in [9.17, 15) is 9.59 Å². The number of rotatable bonds is 13. The van der Waals surface area contributed by atoms with E-state index in [4.69, 9.17) is 0 Å². The average Bonchev–Trinajstić information content (AvgIpc) is 3.35. The van der Waals surface area contributed by atoms with E-state index in [2.05, 4.69) is 41.3 Å². The Morgan fingerprint density at radius 3 is 2.67 bits per heavy atom. The van der Waals surface area contributed by atoms with Crippen molar-refractivity contribution in [3.8, 4) is 10.0 Å². The number of unbranched alkanes of at least 4 members (excludes halogenated alkanes) is 3. The second-order valence-corrected chi connectivity index (χ2v) is 10.7. The van der Waals surface area contributed by atoms with E-state index in [1.54, 1.807) is 35.8 Å². The fraction of sp³-hybridized carbons (Fsp3) is 0.545. The van der Waals surface area contributed by atoms with Crippen LogP contribution in [0.5, 0.6) is 0 Å². The molecule has 0 saturated carbocycles. The minimum absolute atomic E-state index is 0.0763. The maximum absolute atomic E-state index is 12.7. The van der Waals surface area contributed by atoms with Gasteiger partial charge < -0.3 is 5.32 Å². The molecule has 0 aliphatic heterocycles. The van der Waals surface area contributed by atoms with Crippen molar-refractivity contribution in [2.45, 2.75) is 59.3 Å². The molecule has 8 heteroatoms. The standard InChI is InChI=1S/C22H31N3O2S3/c1-16(2)15-18-19(25-22(30-18)21-24-12-14-29-21)20(27)23-11-9-7-5-4-6-8-10-13-28-17(3)26/h6,8,12,14,16H,4-5,7,9-11,13,15H2,1-3H3,(H,23,27). The second kappa shape index (κ2) is 13.7. The summed E-state index contributed by atoms with van der Waals surface area (Å²) in [7, 11) is 0. The zero-order valence-electron chi connectivity index (χ0n) is 18.0. The van der Waals surface area contributed by atoms with Gasteiger partial charge in [0.2, 0.25) is 0 Å². The van der Waals surface area contributed by atoms with Crippen molar-refractivity contribution in [2.24, 2.45) is 5.92 Å². The van der Waals surface area contributed by atoms with Gasteiger partial charge in [-0.05, 0) is 38.0 Å². The lowest BCUT2D eigenvalue weighted by Gasteiger charge is -2.06. The molecule has 2 heterocycles. The summed E-state index contributed by atoms with van der Waals surface area (Å²) in [5, 5.41) is 6.85. The Balaban J connectivity index is 1.71. The first kappa shape index (κ1) is 24.8. The lowest BCUT2D eigenvalue weighted by molar-refractivity contribution is -0.109. The fourth-order valence-corrected chi connectivity index (χ4v) is 5.31. The van der Waals surface area contributed by atoms with Gasteiger partial charge in [0.15, 0.2) is 15.1 Å². The van der Waals surface area contributed by atoms with Crippen molar-refractivity contribution in [2.75, 3.05) is 12.3 Å². The molecule has 2 aromatic rings. The van der Waals surface area contributed by atoms with E-state index in [0.717, 1.165) is 59.2 Å². The van der Waals surface area contributed by atoms with Gasteiger partial charge in [-0.15, -0.1) is 22.7 Å². The van der Waals surface area contributed by atoms with Gasteiger partial charge in [-0.25, -0.2) is 9.97 Å². The summed E-state index contributed by atoms with van der Waals surface area (Å²) in [6, 6.07) is 0. The van der Waals surface area contributed by atoms with Crippen molar-refractivity contribution in [3.05, 3.63) is 34.3 Å². The van der Waals surface area contributed by atoms with Crippen LogP contribution in [-0.2, 0) is 11.2 Å². The number of aromatic nitrogens is 2. The molecular weight excluding hydrogens is 434 g/mol. The van der Waals surface area contributed by atoms with Crippen LogP contribution in [0.15, 0.2) is 23.7 Å². The quantitative estimate of drug-likeness (QED) is 0.291. The highest BCUT2D eigenvalue weighted by Crippen LogP contribution is 2.31. The predicted molar refractivity (Wildman–Crippen MR) is 129 cm³/mol. The highest BCUT2D eigenvalue weighted by molar-refractivity contribution is 8.13. The SMILES string of the molecule is CC(=O)SCCC=CCCCCCNC(=O)c1nc(-c2nccs2)sc1CC(C)C. The number of thiazole rings is 2. The third-order valence-electron chi connectivity index (χ3n) is 4.21. The third-order valence-corrected chi connectivity index (χ3v) is 7.05. The van der Waals surface area contributed by atoms with Crippen LogP contribution in [0, 0.1) is 5.92 Å². The molecule has 0 aliphatic carbocycles. The Morgan fingerprint density at radius 2 is 1.97 bits per heavy atom. The Morgan fingerprint density at radius 1 is 1.17 bits per heavy atom. The maximum atomic E-state index is 12.7. The molecule has 0 atom stereocenters. The Kier molecular flexibility index (Phi) is 11.3. The molecule has 0 unspecified atom stereocenters. The van der Waals surface area contributed by atoms with E-state index in [-0.39, 0.29) is 11.0 Å². The molecule has 164 valence electrons. The lowest BCUT2D eigenvalue weighted by Crippen LogP contribution is -2.25. The molecule has 0 radical (unpaired) electrons. The highest BCUT2D eigenvalue weighted by atomic mass is 32.2. The fourth-order valence-electron chi connectivity index (χ4n) is 2.81. The van der Waals surface area contributed by atoms with Crippen molar-refractivity contribution in [1.29, 1.82) is 0 Å². The van der Waals surface area contributed by atoms with Crippen LogP contribution in [0.1, 0.15) is 68.2 Å². The van der Waals surface area contributed by atoms with Gasteiger partial charge >= 0.3 is 0 Å². The van der Waals surface area contributed by atoms with Gasteiger partial charge in [-0.2, -0.15) is 0 Å². The summed E-state index contributed by atoms with van der Waals surface area (Å²) in [4.78, 5) is 33.5. The molecule has 1 amide bonds. The number of hydrogen-bond donors (Lipinski definition) is 1. The summed E-state index contributed by atoms with van der Waals surface area (Å²) in [6.07, 6.45) is 12.1. The molecule has 0 fully saturated rings. The smallest absolute Gasteiger partial charge is 0.271 e. The Bertz CT molecular complexity index is 814. The molecule has 0 aliphatic rings. The van der Waals surface area contributed by atoms with Gasteiger partial charge in [0.25, 0.3) is 5.91 Å². The molecule has 1 N–H and O–H groups in total. The van der Waals surface area contributed by atoms with Crippen LogP contribution >= 0.6 is 34.4 Å².